The van der Waals surface area contributed by atoms with Crippen molar-refractivity contribution in [1.82, 2.24) is 5.32 Å². The summed E-state index contributed by atoms with van der Waals surface area (Å²) in [6.07, 6.45) is 0. The van der Waals surface area contributed by atoms with Crippen LogP contribution in [0.5, 0.6) is 0 Å². The Balaban J connectivity index is 2.52. The van der Waals surface area contributed by atoms with Crippen molar-refractivity contribution in [2.24, 2.45) is 0 Å². The molecule has 0 aliphatic heterocycles. The third-order valence-corrected chi connectivity index (χ3v) is 2.78. The fourth-order valence-corrected chi connectivity index (χ4v) is 2.11. The molecule has 0 radical (unpaired) electrons. The summed E-state index contributed by atoms with van der Waals surface area (Å²) in [6, 6.07) is 4.05. The highest BCUT2D eigenvalue weighted by atomic mass is 16.5. The minimum absolute atomic E-state index is 0.0334. The van der Waals surface area contributed by atoms with Gasteiger partial charge in [0.1, 0.15) is 0 Å². The third-order valence-electron chi connectivity index (χ3n) is 2.78. The molecule has 3 heteroatoms. The van der Waals surface area contributed by atoms with Crippen molar-refractivity contribution < 1.29 is 9.53 Å². The van der Waals surface area contributed by atoms with Crippen LogP contribution in [0, 0.1) is 20.8 Å². The minimum atomic E-state index is -0.0334. The fourth-order valence-electron chi connectivity index (χ4n) is 2.11. The molecular weight excluding hydrogens is 238 g/mol. The Labute approximate surface area is 115 Å². The van der Waals surface area contributed by atoms with E-state index in [0.29, 0.717) is 19.8 Å². The summed E-state index contributed by atoms with van der Waals surface area (Å²) in [6.45, 7) is 13.2. The first kappa shape index (κ1) is 15.4. The first-order chi connectivity index (χ1) is 8.91. The van der Waals surface area contributed by atoms with E-state index in [-0.39, 0.29) is 5.91 Å². The number of benzene rings is 1. The van der Waals surface area contributed by atoms with Crippen LogP contribution in [-0.2, 0) is 4.74 Å². The van der Waals surface area contributed by atoms with Gasteiger partial charge in [-0.25, -0.2) is 0 Å². The van der Waals surface area contributed by atoms with Crippen molar-refractivity contribution in [3.8, 4) is 0 Å². The monoisotopic (exact) mass is 261 g/mol. The summed E-state index contributed by atoms with van der Waals surface area (Å²) in [7, 11) is 0. The Bertz CT molecular complexity index is 455. The lowest BCUT2D eigenvalue weighted by Crippen LogP contribution is -2.28. The van der Waals surface area contributed by atoms with E-state index >= 15 is 0 Å². The van der Waals surface area contributed by atoms with Gasteiger partial charge in [0.05, 0.1) is 13.2 Å². The largest absolute Gasteiger partial charge is 0.375 e. The molecule has 0 aliphatic rings. The number of carbonyl (C=O) groups is 1. The van der Waals surface area contributed by atoms with Gasteiger partial charge in [0, 0.05) is 12.1 Å². The highest BCUT2D eigenvalue weighted by molar-refractivity contribution is 5.97. The highest BCUT2D eigenvalue weighted by Gasteiger charge is 2.11. The van der Waals surface area contributed by atoms with Crippen molar-refractivity contribution in [1.29, 1.82) is 0 Å². The molecule has 0 aliphatic carbocycles. The molecule has 0 atom stereocenters. The molecule has 0 heterocycles. The topological polar surface area (TPSA) is 38.3 Å². The SMILES string of the molecule is C=C(C)COCCNC(=O)c1c(C)cc(C)cc1C. The summed E-state index contributed by atoms with van der Waals surface area (Å²) in [4.78, 5) is 12.1. The van der Waals surface area contributed by atoms with E-state index in [0.717, 1.165) is 22.3 Å². The van der Waals surface area contributed by atoms with Gasteiger partial charge in [-0.2, -0.15) is 0 Å². The van der Waals surface area contributed by atoms with Crippen LogP contribution in [0.25, 0.3) is 0 Å². The van der Waals surface area contributed by atoms with Crippen LogP contribution >= 0.6 is 0 Å². The van der Waals surface area contributed by atoms with Crippen molar-refractivity contribution in [3.63, 3.8) is 0 Å². The summed E-state index contributed by atoms with van der Waals surface area (Å²) in [5.41, 5.74) is 4.95. The Kier molecular flexibility index (Phi) is 5.77. The van der Waals surface area contributed by atoms with Gasteiger partial charge in [-0.3, -0.25) is 4.79 Å². The van der Waals surface area contributed by atoms with Crippen molar-refractivity contribution in [2.45, 2.75) is 27.7 Å². The Morgan fingerprint density at radius 1 is 1.26 bits per heavy atom. The Morgan fingerprint density at radius 3 is 2.37 bits per heavy atom. The molecule has 0 aromatic heterocycles. The van der Waals surface area contributed by atoms with Gasteiger partial charge >= 0.3 is 0 Å². The van der Waals surface area contributed by atoms with Gasteiger partial charge in [0.2, 0.25) is 0 Å². The van der Waals surface area contributed by atoms with Crippen LogP contribution in [0.4, 0.5) is 0 Å². The molecule has 0 saturated carbocycles. The third kappa shape index (κ3) is 4.87. The maximum Gasteiger partial charge on any atom is 0.251 e. The zero-order valence-electron chi connectivity index (χ0n) is 12.3. The molecule has 1 aromatic rings. The lowest BCUT2D eigenvalue weighted by atomic mass is 9.99. The van der Waals surface area contributed by atoms with Gasteiger partial charge < -0.3 is 10.1 Å². The summed E-state index contributed by atoms with van der Waals surface area (Å²) < 4.78 is 5.35. The average molecular weight is 261 g/mol. The van der Waals surface area contributed by atoms with Crippen LogP contribution < -0.4 is 5.32 Å². The van der Waals surface area contributed by atoms with Crippen LogP contribution in [0.15, 0.2) is 24.3 Å². The fraction of sp³-hybridized carbons (Fsp3) is 0.438. The molecule has 1 N–H and O–H groups in total. The molecule has 1 aromatic carbocycles. The van der Waals surface area contributed by atoms with E-state index in [9.17, 15) is 4.79 Å². The molecule has 0 saturated heterocycles. The van der Waals surface area contributed by atoms with E-state index in [1.807, 2.05) is 39.8 Å². The number of amides is 1. The second-order valence-electron chi connectivity index (χ2n) is 5.04. The number of hydrogen-bond acceptors (Lipinski definition) is 2. The predicted molar refractivity (Wildman–Crippen MR) is 78.6 cm³/mol. The molecule has 3 nitrogen and oxygen atoms in total. The zero-order valence-corrected chi connectivity index (χ0v) is 12.3. The van der Waals surface area contributed by atoms with Crippen LogP contribution in [0.2, 0.25) is 0 Å². The molecule has 1 rings (SSSR count). The summed E-state index contributed by atoms with van der Waals surface area (Å²) >= 11 is 0. The normalized spacial score (nSPS) is 10.3. The van der Waals surface area contributed by atoms with E-state index in [2.05, 4.69) is 11.9 Å². The molecule has 0 fully saturated rings. The highest BCUT2D eigenvalue weighted by Crippen LogP contribution is 2.15. The minimum Gasteiger partial charge on any atom is -0.375 e. The smallest absolute Gasteiger partial charge is 0.251 e. The van der Waals surface area contributed by atoms with Gasteiger partial charge in [0.25, 0.3) is 5.91 Å². The Morgan fingerprint density at radius 2 is 1.84 bits per heavy atom. The average Bonchev–Trinajstić information content (AvgIpc) is 2.26. The maximum atomic E-state index is 12.1. The number of hydrogen-bond donors (Lipinski definition) is 1. The Hall–Kier alpha value is -1.61. The second-order valence-corrected chi connectivity index (χ2v) is 5.04. The molecule has 19 heavy (non-hydrogen) atoms. The van der Waals surface area contributed by atoms with Crippen molar-refractivity contribution >= 4 is 5.91 Å². The molecule has 0 bridgehead atoms. The molecule has 0 spiro atoms. The standard InChI is InChI=1S/C16H23NO2/c1-11(2)10-19-7-6-17-16(18)15-13(4)8-12(3)9-14(15)5/h8-9H,1,6-7,10H2,2-5H3,(H,17,18). The molecule has 1 amide bonds. The van der Waals surface area contributed by atoms with Crippen LogP contribution in [-0.4, -0.2) is 25.7 Å². The molecule has 104 valence electrons. The van der Waals surface area contributed by atoms with Crippen LogP contribution in [0.3, 0.4) is 0 Å². The first-order valence-corrected chi connectivity index (χ1v) is 6.50. The number of carbonyl (C=O) groups excluding carboxylic acids is 1. The lowest BCUT2D eigenvalue weighted by Gasteiger charge is -2.12. The maximum absolute atomic E-state index is 12.1. The van der Waals surface area contributed by atoms with Gasteiger partial charge in [0.15, 0.2) is 0 Å². The second kappa shape index (κ2) is 7.10. The van der Waals surface area contributed by atoms with E-state index < -0.39 is 0 Å². The molecule has 0 unspecified atom stereocenters. The quantitative estimate of drug-likeness (QED) is 0.631. The van der Waals surface area contributed by atoms with E-state index in [1.54, 1.807) is 0 Å². The summed E-state index contributed by atoms with van der Waals surface area (Å²) in [5.74, 6) is -0.0334. The predicted octanol–water partition coefficient (Wildman–Crippen LogP) is 2.93. The van der Waals surface area contributed by atoms with Gasteiger partial charge in [-0.15, -0.1) is 0 Å². The van der Waals surface area contributed by atoms with E-state index in [1.165, 1.54) is 5.56 Å². The number of nitrogens with one attached hydrogen (secondary N) is 1. The molecular formula is C16H23NO2. The number of rotatable bonds is 6. The first-order valence-electron chi connectivity index (χ1n) is 6.50. The zero-order chi connectivity index (χ0) is 14.4. The number of aryl methyl sites for hydroxylation is 3. The van der Waals surface area contributed by atoms with Crippen molar-refractivity contribution in [3.05, 3.63) is 46.5 Å². The van der Waals surface area contributed by atoms with E-state index in [4.69, 9.17) is 4.74 Å². The summed E-state index contributed by atoms with van der Waals surface area (Å²) in [5, 5.41) is 2.88. The van der Waals surface area contributed by atoms with Gasteiger partial charge in [-0.1, -0.05) is 29.8 Å². The van der Waals surface area contributed by atoms with Gasteiger partial charge in [-0.05, 0) is 38.8 Å². The van der Waals surface area contributed by atoms with Crippen molar-refractivity contribution in [2.75, 3.05) is 19.8 Å². The lowest BCUT2D eigenvalue weighted by molar-refractivity contribution is 0.0925. The van der Waals surface area contributed by atoms with Crippen LogP contribution in [0.1, 0.15) is 34.0 Å². The number of ether oxygens (including phenoxy) is 1.